The van der Waals surface area contributed by atoms with Gasteiger partial charge in [0.1, 0.15) is 0 Å². The predicted molar refractivity (Wildman–Crippen MR) is 37.8 cm³/mol. The largest absolute Gasteiger partial charge is 0.306 e. The Morgan fingerprint density at radius 2 is 1.50 bits per heavy atom. The van der Waals surface area contributed by atoms with Crippen molar-refractivity contribution >= 4 is 23.5 Å². The van der Waals surface area contributed by atoms with Crippen LogP contribution in [0.2, 0.25) is 0 Å². The standard InChI is InChI=1S/C4H10O2S.ClH/c1-4(2,3)7(5)6;/h1-3H3,(H,5,6);1H. The van der Waals surface area contributed by atoms with E-state index in [0.717, 1.165) is 0 Å². The molecule has 2 nitrogen and oxygen atoms in total. The van der Waals surface area contributed by atoms with E-state index in [-0.39, 0.29) is 12.4 Å². The lowest BCUT2D eigenvalue weighted by Crippen LogP contribution is -2.20. The minimum Gasteiger partial charge on any atom is -0.306 e. The van der Waals surface area contributed by atoms with Crippen molar-refractivity contribution in [3.8, 4) is 0 Å². The van der Waals surface area contributed by atoms with Crippen LogP contribution in [0.25, 0.3) is 0 Å². The van der Waals surface area contributed by atoms with Crippen LogP contribution in [-0.2, 0) is 11.1 Å². The van der Waals surface area contributed by atoms with Crippen LogP contribution in [0.5, 0.6) is 0 Å². The highest BCUT2D eigenvalue weighted by atomic mass is 35.5. The Balaban J connectivity index is 0. The Hall–Kier alpha value is 0.400. The molecule has 0 saturated heterocycles. The van der Waals surface area contributed by atoms with E-state index in [4.69, 9.17) is 4.55 Å². The minimum absolute atomic E-state index is 0. The van der Waals surface area contributed by atoms with E-state index in [2.05, 4.69) is 0 Å². The van der Waals surface area contributed by atoms with Gasteiger partial charge in [0.25, 0.3) is 0 Å². The Morgan fingerprint density at radius 3 is 1.50 bits per heavy atom. The van der Waals surface area contributed by atoms with Gasteiger partial charge in [0.2, 0.25) is 0 Å². The third-order valence-corrected chi connectivity index (χ3v) is 1.57. The molecule has 0 aromatic rings. The van der Waals surface area contributed by atoms with Crippen LogP contribution in [0.1, 0.15) is 20.8 Å². The van der Waals surface area contributed by atoms with Gasteiger partial charge < -0.3 is 4.55 Å². The van der Waals surface area contributed by atoms with Crippen molar-refractivity contribution in [1.29, 1.82) is 0 Å². The third-order valence-electron chi connectivity index (χ3n) is 0.524. The van der Waals surface area contributed by atoms with Crippen molar-refractivity contribution in [3.63, 3.8) is 0 Å². The first-order valence-electron chi connectivity index (χ1n) is 2.05. The normalized spacial score (nSPS) is 14.5. The van der Waals surface area contributed by atoms with Crippen LogP contribution in [0.4, 0.5) is 0 Å². The summed E-state index contributed by atoms with van der Waals surface area (Å²) in [5, 5.41) is 0. The highest BCUT2D eigenvalue weighted by Gasteiger charge is 2.16. The number of halogens is 1. The predicted octanol–water partition coefficient (Wildman–Crippen LogP) is 1.43. The minimum atomic E-state index is -1.68. The maximum absolute atomic E-state index is 10.1. The molecule has 1 unspecified atom stereocenters. The van der Waals surface area contributed by atoms with E-state index >= 15 is 0 Å². The van der Waals surface area contributed by atoms with E-state index < -0.39 is 15.8 Å². The average molecular weight is 159 g/mol. The lowest BCUT2D eigenvalue weighted by molar-refractivity contribution is 0.528. The van der Waals surface area contributed by atoms with Crippen LogP contribution in [-0.4, -0.2) is 13.5 Å². The van der Waals surface area contributed by atoms with E-state index in [9.17, 15) is 4.21 Å². The summed E-state index contributed by atoms with van der Waals surface area (Å²) in [4.78, 5) is 0. The molecule has 8 heavy (non-hydrogen) atoms. The molecule has 0 saturated carbocycles. The highest BCUT2D eigenvalue weighted by molar-refractivity contribution is 7.80. The first kappa shape index (κ1) is 11.2. The fourth-order valence-corrected chi connectivity index (χ4v) is 0. The second kappa shape index (κ2) is 3.43. The SMILES string of the molecule is CC(C)(C)S(=O)O.Cl. The summed E-state index contributed by atoms with van der Waals surface area (Å²) in [5.74, 6) is 0. The molecule has 0 heterocycles. The van der Waals surface area contributed by atoms with Gasteiger partial charge in [-0.3, -0.25) is 0 Å². The molecule has 52 valence electrons. The summed E-state index contributed by atoms with van der Waals surface area (Å²) < 4.78 is 18.0. The van der Waals surface area contributed by atoms with Crippen LogP contribution in [0.15, 0.2) is 0 Å². The van der Waals surface area contributed by atoms with Crippen molar-refractivity contribution in [2.45, 2.75) is 25.5 Å². The molecule has 1 atom stereocenters. The van der Waals surface area contributed by atoms with Crippen molar-refractivity contribution in [3.05, 3.63) is 0 Å². The summed E-state index contributed by atoms with van der Waals surface area (Å²) in [6.45, 7) is 5.13. The van der Waals surface area contributed by atoms with E-state index in [1.807, 2.05) is 0 Å². The van der Waals surface area contributed by atoms with E-state index in [1.165, 1.54) is 0 Å². The van der Waals surface area contributed by atoms with E-state index in [1.54, 1.807) is 20.8 Å². The maximum Gasteiger partial charge on any atom is 0.158 e. The number of rotatable bonds is 0. The van der Waals surface area contributed by atoms with E-state index in [0.29, 0.717) is 0 Å². The molecule has 0 aliphatic carbocycles. The second-order valence-corrected chi connectivity index (χ2v) is 4.08. The van der Waals surface area contributed by atoms with Crippen LogP contribution >= 0.6 is 12.4 Å². The zero-order valence-electron chi connectivity index (χ0n) is 5.17. The lowest BCUT2D eigenvalue weighted by atomic mass is 10.3. The molecule has 0 bridgehead atoms. The van der Waals surface area contributed by atoms with Crippen LogP contribution in [0, 0.1) is 0 Å². The Kier molecular flexibility index (Phi) is 4.82. The molecule has 4 heteroatoms. The molecule has 0 spiro atoms. The summed E-state index contributed by atoms with van der Waals surface area (Å²) >= 11 is -1.68. The van der Waals surface area contributed by atoms with Gasteiger partial charge in [-0.25, -0.2) is 4.21 Å². The van der Waals surface area contributed by atoms with Crippen molar-refractivity contribution in [2.24, 2.45) is 0 Å². The van der Waals surface area contributed by atoms with Gasteiger partial charge in [0, 0.05) is 0 Å². The maximum atomic E-state index is 10.1. The smallest absolute Gasteiger partial charge is 0.158 e. The van der Waals surface area contributed by atoms with Crippen molar-refractivity contribution in [2.75, 3.05) is 0 Å². The second-order valence-electron chi connectivity index (χ2n) is 2.36. The summed E-state index contributed by atoms with van der Waals surface area (Å²) in [5.41, 5.74) is 0. The molecule has 0 rings (SSSR count). The summed E-state index contributed by atoms with van der Waals surface area (Å²) in [7, 11) is 0. The molecular weight excluding hydrogens is 148 g/mol. The van der Waals surface area contributed by atoms with Crippen LogP contribution < -0.4 is 0 Å². The Labute approximate surface area is 58.4 Å². The first-order valence-corrected chi connectivity index (χ1v) is 3.16. The number of hydrogen-bond donors (Lipinski definition) is 1. The topological polar surface area (TPSA) is 37.3 Å². The van der Waals surface area contributed by atoms with Gasteiger partial charge in [-0.2, -0.15) is 0 Å². The van der Waals surface area contributed by atoms with Gasteiger partial charge in [-0.1, -0.05) is 0 Å². The monoisotopic (exact) mass is 158 g/mol. The molecular formula is C4H11ClO2S. The molecule has 0 aliphatic heterocycles. The molecule has 0 radical (unpaired) electrons. The molecule has 0 fully saturated rings. The quantitative estimate of drug-likeness (QED) is 0.542. The molecule has 0 aliphatic rings. The molecule has 0 aromatic carbocycles. The zero-order chi connectivity index (χ0) is 6.08. The van der Waals surface area contributed by atoms with Gasteiger partial charge >= 0.3 is 0 Å². The van der Waals surface area contributed by atoms with Crippen molar-refractivity contribution in [1.82, 2.24) is 0 Å². The fourth-order valence-electron chi connectivity index (χ4n) is 0. The Morgan fingerprint density at radius 1 is 1.38 bits per heavy atom. The summed E-state index contributed by atoms with van der Waals surface area (Å²) in [6, 6.07) is 0. The average Bonchev–Trinajstić information content (AvgIpc) is 1.31. The van der Waals surface area contributed by atoms with Crippen LogP contribution in [0.3, 0.4) is 0 Å². The lowest BCUT2D eigenvalue weighted by Gasteiger charge is -2.10. The Bertz CT molecular complexity index is 86.5. The summed E-state index contributed by atoms with van der Waals surface area (Å²) in [6.07, 6.45) is 0. The highest BCUT2D eigenvalue weighted by Crippen LogP contribution is 2.06. The van der Waals surface area contributed by atoms with Crippen molar-refractivity contribution < 1.29 is 8.76 Å². The van der Waals surface area contributed by atoms with Gasteiger partial charge in [0.05, 0.1) is 4.75 Å². The van der Waals surface area contributed by atoms with Gasteiger partial charge in [-0.05, 0) is 20.8 Å². The van der Waals surface area contributed by atoms with Gasteiger partial charge in [-0.15, -0.1) is 12.4 Å². The zero-order valence-corrected chi connectivity index (χ0v) is 6.80. The molecule has 1 N–H and O–H groups in total. The first-order chi connectivity index (χ1) is 2.94. The molecule has 0 aromatic heterocycles. The number of hydrogen-bond acceptors (Lipinski definition) is 1. The third kappa shape index (κ3) is 4.56. The van der Waals surface area contributed by atoms with Gasteiger partial charge in [0.15, 0.2) is 11.1 Å². The fraction of sp³-hybridized carbons (Fsp3) is 1.00. The molecule has 0 amide bonds.